The third-order valence-electron chi connectivity index (χ3n) is 4.06. The average Bonchev–Trinajstić information content (AvgIpc) is 2.15. The van der Waals surface area contributed by atoms with E-state index in [1.807, 2.05) is 0 Å². The third-order valence-corrected chi connectivity index (χ3v) is 4.06. The fraction of sp³-hybridized carbons (Fsp3) is 0.733. The molecule has 0 N–H and O–H groups in total. The van der Waals surface area contributed by atoms with Crippen molar-refractivity contribution in [2.45, 2.75) is 58.7 Å². The molecule has 4 atom stereocenters. The van der Waals surface area contributed by atoms with Gasteiger partial charge in [-0.3, -0.25) is 0 Å². The Kier molecular flexibility index (Phi) is 3.53. The van der Waals surface area contributed by atoms with Crippen LogP contribution in [-0.4, -0.2) is 12.2 Å². The lowest BCUT2D eigenvalue weighted by Crippen LogP contribution is -2.36. The zero-order valence-electron chi connectivity index (χ0n) is 10.8. The molecule has 16 heavy (non-hydrogen) atoms. The average molecular weight is 220 g/mol. The van der Waals surface area contributed by atoms with Gasteiger partial charge in [0.15, 0.2) is 0 Å². The molecular formula is C15H24O. The van der Waals surface area contributed by atoms with Gasteiger partial charge in [0.1, 0.15) is 0 Å². The maximum atomic E-state index is 6.11. The third kappa shape index (κ3) is 2.57. The number of allylic oxidation sites excluding steroid dienone is 2. The summed E-state index contributed by atoms with van der Waals surface area (Å²) in [4.78, 5) is 0. The molecule has 0 radical (unpaired) electrons. The normalized spacial score (nSPS) is 40.7. The van der Waals surface area contributed by atoms with Crippen molar-refractivity contribution in [1.29, 1.82) is 0 Å². The molecule has 0 bridgehead atoms. The summed E-state index contributed by atoms with van der Waals surface area (Å²) < 4.78 is 6.11. The Morgan fingerprint density at radius 2 is 2.00 bits per heavy atom. The van der Waals surface area contributed by atoms with Crippen LogP contribution in [0.5, 0.6) is 0 Å². The highest BCUT2D eigenvalue weighted by Crippen LogP contribution is 2.37. The van der Waals surface area contributed by atoms with Gasteiger partial charge in [0.2, 0.25) is 0 Å². The van der Waals surface area contributed by atoms with Crippen molar-refractivity contribution < 1.29 is 4.74 Å². The number of rotatable bonds is 1. The van der Waals surface area contributed by atoms with E-state index in [1.54, 1.807) is 5.57 Å². The quantitative estimate of drug-likeness (QED) is 0.604. The van der Waals surface area contributed by atoms with Crippen molar-refractivity contribution in [2.24, 2.45) is 11.8 Å². The molecule has 0 spiro atoms. The first-order valence-electron chi connectivity index (χ1n) is 6.54. The fourth-order valence-electron chi connectivity index (χ4n) is 3.25. The van der Waals surface area contributed by atoms with Gasteiger partial charge in [-0.1, -0.05) is 30.7 Å². The van der Waals surface area contributed by atoms with Crippen molar-refractivity contribution in [3.05, 3.63) is 23.8 Å². The van der Waals surface area contributed by atoms with Crippen molar-refractivity contribution in [1.82, 2.24) is 0 Å². The largest absolute Gasteiger partial charge is 0.374 e. The minimum Gasteiger partial charge on any atom is -0.374 e. The Balaban J connectivity index is 2.04. The number of hydrogen-bond donors (Lipinski definition) is 0. The zero-order valence-corrected chi connectivity index (χ0v) is 10.8. The minimum absolute atomic E-state index is 0.366. The Bertz CT molecular complexity index is 303. The van der Waals surface area contributed by atoms with Crippen molar-refractivity contribution >= 4 is 0 Å². The van der Waals surface area contributed by atoms with Gasteiger partial charge in [-0.05, 0) is 51.4 Å². The van der Waals surface area contributed by atoms with E-state index in [2.05, 4.69) is 33.4 Å². The Labute approximate surface area is 99.6 Å². The van der Waals surface area contributed by atoms with Gasteiger partial charge in [-0.25, -0.2) is 0 Å². The second-order valence-electron chi connectivity index (χ2n) is 5.77. The van der Waals surface area contributed by atoms with Gasteiger partial charge in [-0.15, -0.1) is 0 Å². The molecule has 90 valence electrons. The molecule has 1 fully saturated rings. The van der Waals surface area contributed by atoms with Crippen molar-refractivity contribution in [2.75, 3.05) is 0 Å². The fourth-order valence-corrected chi connectivity index (χ4v) is 3.25. The van der Waals surface area contributed by atoms with Crippen LogP contribution in [0.1, 0.15) is 46.5 Å². The molecule has 1 nitrogen and oxygen atoms in total. The van der Waals surface area contributed by atoms with Crippen LogP contribution in [0.4, 0.5) is 0 Å². The van der Waals surface area contributed by atoms with Crippen LogP contribution in [0.25, 0.3) is 0 Å². The van der Waals surface area contributed by atoms with E-state index < -0.39 is 0 Å². The molecule has 1 saturated heterocycles. The van der Waals surface area contributed by atoms with E-state index in [4.69, 9.17) is 4.74 Å². The summed E-state index contributed by atoms with van der Waals surface area (Å²) in [6.07, 6.45) is 7.73. The van der Waals surface area contributed by atoms with E-state index in [0.717, 1.165) is 18.8 Å². The predicted octanol–water partition coefficient (Wildman–Crippen LogP) is 4.10. The van der Waals surface area contributed by atoms with Gasteiger partial charge in [0.25, 0.3) is 0 Å². The topological polar surface area (TPSA) is 9.23 Å². The summed E-state index contributed by atoms with van der Waals surface area (Å²) in [7, 11) is 0. The van der Waals surface area contributed by atoms with E-state index in [9.17, 15) is 0 Å². The summed E-state index contributed by atoms with van der Waals surface area (Å²) in [5.74, 6) is 1.45. The molecule has 2 aliphatic rings. The standard InChI is InChI=1S/C15H24O/c1-10-5-6-14(12(3)7-10)15-9-11(2)8-13(4)16-15/h5,12-15H,2,6-9H2,1,3-4H3. The van der Waals surface area contributed by atoms with Gasteiger partial charge in [0, 0.05) is 0 Å². The molecule has 1 heteroatoms. The van der Waals surface area contributed by atoms with E-state index in [0.29, 0.717) is 18.1 Å². The molecule has 4 unspecified atom stereocenters. The first-order valence-corrected chi connectivity index (χ1v) is 6.54. The maximum absolute atomic E-state index is 6.11. The Morgan fingerprint density at radius 1 is 1.25 bits per heavy atom. The van der Waals surface area contributed by atoms with Gasteiger partial charge >= 0.3 is 0 Å². The second-order valence-corrected chi connectivity index (χ2v) is 5.77. The molecule has 2 rings (SSSR count). The first kappa shape index (κ1) is 11.9. The molecule has 1 aliphatic heterocycles. The van der Waals surface area contributed by atoms with Gasteiger partial charge in [0.05, 0.1) is 12.2 Å². The van der Waals surface area contributed by atoms with Gasteiger partial charge in [-0.2, -0.15) is 0 Å². The summed E-state index contributed by atoms with van der Waals surface area (Å²) in [5, 5.41) is 0. The summed E-state index contributed by atoms with van der Waals surface area (Å²) in [6, 6.07) is 0. The van der Waals surface area contributed by atoms with Crippen LogP contribution in [0.2, 0.25) is 0 Å². The monoisotopic (exact) mass is 220 g/mol. The van der Waals surface area contributed by atoms with Crippen LogP contribution in [0, 0.1) is 11.8 Å². The molecule has 0 saturated carbocycles. The van der Waals surface area contributed by atoms with E-state index in [-0.39, 0.29) is 0 Å². The van der Waals surface area contributed by atoms with Crippen molar-refractivity contribution in [3.63, 3.8) is 0 Å². The highest BCUT2D eigenvalue weighted by molar-refractivity contribution is 5.09. The SMILES string of the molecule is C=C1CC(C)OC(C2CC=C(C)CC2C)C1. The molecule has 0 aromatic carbocycles. The predicted molar refractivity (Wildman–Crippen MR) is 68.4 cm³/mol. The first-order chi connectivity index (χ1) is 7.56. The van der Waals surface area contributed by atoms with Crippen LogP contribution >= 0.6 is 0 Å². The summed E-state index contributed by atoms with van der Waals surface area (Å²) in [5.41, 5.74) is 2.92. The maximum Gasteiger partial charge on any atom is 0.0649 e. The van der Waals surface area contributed by atoms with Crippen molar-refractivity contribution in [3.8, 4) is 0 Å². The smallest absolute Gasteiger partial charge is 0.0649 e. The molecule has 1 heterocycles. The van der Waals surface area contributed by atoms with E-state index in [1.165, 1.54) is 18.4 Å². The lowest BCUT2D eigenvalue weighted by molar-refractivity contribution is -0.0640. The summed E-state index contributed by atoms with van der Waals surface area (Å²) in [6.45, 7) is 10.9. The molecular weight excluding hydrogens is 196 g/mol. The lowest BCUT2D eigenvalue weighted by Gasteiger charge is -2.39. The van der Waals surface area contributed by atoms with Crippen LogP contribution in [0.3, 0.4) is 0 Å². The summed E-state index contributed by atoms with van der Waals surface area (Å²) >= 11 is 0. The second kappa shape index (κ2) is 4.75. The Hall–Kier alpha value is -0.560. The van der Waals surface area contributed by atoms with Crippen LogP contribution < -0.4 is 0 Å². The van der Waals surface area contributed by atoms with Crippen LogP contribution in [-0.2, 0) is 4.74 Å². The molecule has 1 aliphatic carbocycles. The highest BCUT2D eigenvalue weighted by atomic mass is 16.5. The van der Waals surface area contributed by atoms with E-state index >= 15 is 0 Å². The minimum atomic E-state index is 0.366. The zero-order chi connectivity index (χ0) is 11.7. The van der Waals surface area contributed by atoms with Gasteiger partial charge < -0.3 is 4.74 Å². The van der Waals surface area contributed by atoms with Crippen LogP contribution in [0.15, 0.2) is 23.8 Å². The Morgan fingerprint density at radius 3 is 2.62 bits per heavy atom. The highest BCUT2D eigenvalue weighted by Gasteiger charge is 2.33. The molecule has 0 aromatic rings. The lowest BCUT2D eigenvalue weighted by atomic mass is 9.75. The number of ether oxygens (including phenoxy) is 1. The molecule has 0 amide bonds. The number of hydrogen-bond acceptors (Lipinski definition) is 1. The molecule has 0 aromatic heterocycles.